The Morgan fingerprint density at radius 2 is 1.74 bits per heavy atom. The molecule has 1 aromatic heterocycles. The highest BCUT2D eigenvalue weighted by molar-refractivity contribution is 5.90. The number of aromatic nitrogens is 2. The van der Waals surface area contributed by atoms with Crippen molar-refractivity contribution in [1.82, 2.24) is 9.97 Å². The van der Waals surface area contributed by atoms with Crippen LogP contribution in [0.4, 0.5) is 10.2 Å². The fraction of sp³-hybridized carbons (Fsp3) is 0.222. The molecule has 4 nitrogen and oxygen atoms in total. The van der Waals surface area contributed by atoms with Crippen molar-refractivity contribution in [3.05, 3.63) is 54.3 Å². The predicted octanol–water partition coefficient (Wildman–Crippen LogP) is 3.59. The van der Waals surface area contributed by atoms with E-state index in [1.165, 1.54) is 12.1 Å². The molecule has 0 fully saturated rings. The summed E-state index contributed by atoms with van der Waals surface area (Å²) in [6.45, 7) is 1.49. The zero-order valence-corrected chi connectivity index (χ0v) is 12.8. The van der Waals surface area contributed by atoms with Crippen LogP contribution in [0.2, 0.25) is 0 Å². The number of anilines is 1. The van der Waals surface area contributed by atoms with Crippen molar-refractivity contribution in [3.8, 4) is 11.4 Å². The van der Waals surface area contributed by atoms with Crippen LogP contribution in [-0.4, -0.2) is 23.1 Å². The van der Waals surface area contributed by atoms with Crippen molar-refractivity contribution < 1.29 is 4.39 Å². The van der Waals surface area contributed by atoms with E-state index in [4.69, 9.17) is 5.73 Å². The Bertz CT molecular complexity index is 787. The van der Waals surface area contributed by atoms with E-state index in [2.05, 4.69) is 15.3 Å². The lowest BCUT2D eigenvalue weighted by atomic mass is 10.1. The second-order valence-electron chi connectivity index (χ2n) is 5.34. The summed E-state index contributed by atoms with van der Waals surface area (Å²) in [6.07, 6.45) is 1.96. The Morgan fingerprint density at radius 1 is 0.957 bits per heavy atom. The molecule has 3 aromatic rings. The van der Waals surface area contributed by atoms with E-state index in [0.717, 1.165) is 41.7 Å². The molecular formula is C18H19FN4. The van der Waals surface area contributed by atoms with Crippen molar-refractivity contribution in [3.63, 3.8) is 0 Å². The number of nitrogens with one attached hydrogen (secondary N) is 1. The van der Waals surface area contributed by atoms with Crippen molar-refractivity contribution in [2.45, 2.75) is 12.8 Å². The van der Waals surface area contributed by atoms with Gasteiger partial charge in [0.1, 0.15) is 11.6 Å². The minimum Gasteiger partial charge on any atom is -0.369 e. The van der Waals surface area contributed by atoms with Gasteiger partial charge in [-0.05, 0) is 55.8 Å². The summed E-state index contributed by atoms with van der Waals surface area (Å²) in [5.74, 6) is 1.12. The van der Waals surface area contributed by atoms with Crippen LogP contribution in [0.15, 0.2) is 48.5 Å². The molecule has 0 spiro atoms. The molecule has 0 atom stereocenters. The number of hydrogen-bond acceptors (Lipinski definition) is 4. The average Bonchev–Trinajstić information content (AvgIpc) is 2.59. The van der Waals surface area contributed by atoms with Gasteiger partial charge < -0.3 is 11.1 Å². The molecule has 0 saturated carbocycles. The SMILES string of the molecule is NCCCCNc1nc(-c2ccc(F)cc2)nc2ccccc12. The fourth-order valence-electron chi connectivity index (χ4n) is 2.42. The molecule has 0 aliphatic carbocycles. The first kappa shape index (κ1) is 15.4. The quantitative estimate of drug-likeness (QED) is 0.683. The van der Waals surface area contributed by atoms with Gasteiger partial charge in [-0.3, -0.25) is 0 Å². The fourth-order valence-corrected chi connectivity index (χ4v) is 2.42. The number of rotatable bonds is 6. The van der Waals surface area contributed by atoms with Gasteiger partial charge in [-0.25, -0.2) is 14.4 Å². The van der Waals surface area contributed by atoms with E-state index in [0.29, 0.717) is 12.4 Å². The molecule has 0 aliphatic heterocycles. The number of halogens is 1. The maximum Gasteiger partial charge on any atom is 0.162 e. The van der Waals surface area contributed by atoms with Crippen LogP contribution in [0.5, 0.6) is 0 Å². The highest BCUT2D eigenvalue weighted by Gasteiger charge is 2.09. The summed E-state index contributed by atoms with van der Waals surface area (Å²) in [7, 11) is 0. The molecular weight excluding hydrogens is 291 g/mol. The van der Waals surface area contributed by atoms with Crippen LogP contribution in [0.25, 0.3) is 22.3 Å². The van der Waals surface area contributed by atoms with E-state index >= 15 is 0 Å². The lowest BCUT2D eigenvalue weighted by Crippen LogP contribution is -2.08. The van der Waals surface area contributed by atoms with Crippen LogP contribution in [0, 0.1) is 5.82 Å². The maximum atomic E-state index is 13.1. The summed E-state index contributed by atoms with van der Waals surface area (Å²) < 4.78 is 13.1. The van der Waals surface area contributed by atoms with Gasteiger partial charge in [0, 0.05) is 17.5 Å². The molecule has 118 valence electrons. The number of nitrogens with two attached hydrogens (primary N) is 1. The molecule has 1 heterocycles. The number of para-hydroxylation sites is 1. The molecule has 0 radical (unpaired) electrons. The van der Waals surface area contributed by atoms with E-state index in [1.54, 1.807) is 12.1 Å². The van der Waals surface area contributed by atoms with Gasteiger partial charge in [0.15, 0.2) is 5.82 Å². The largest absolute Gasteiger partial charge is 0.369 e. The van der Waals surface area contributed by atoms with Gasteiger partial charge in [0.2, 0.25) is 0 Å². The molecule has 0 aliphatic rings. The summed E-state index contributed by atoms with van der Waals surface area (Å²) in [6, 6.07) is 14.1. The normalized spacial score (nSPS) is 10.9. The van der Waals surface area contributed by atoms with E-state index in [1.807, 2.05) is 24.3 Å². The molecule has 0 unspecified atom stereocenters. The van der Waals surface area contributed by atoms with Crippen LogP contribution < -0.4 is 11.1 Å². The monoisotopic (exact) mass is 310 g/mol. The van der Waals surface area contributed by atoms with Crippen molar-refractivity contribution in [1.29, 1.82) is 0 Å². The Balaban J connectivity index is 1.97. The van der Waals surface area contributed by atoms with Crippen LogP contribution in [0.3, 0.4) is 0 Å². The lowest BCUT2D eigenvalue weighted by molar-refractivity contribution is 0.628. The van der Waals surface area contributed by atoms with Gasteiger partial charge in [-0.1, -0.05) is 12.1 Å². The Morgan fingerprint density at radius 3 is 2.52 bits per heavy atom. The van der Waals surface area contributed by atoms with Crippen molar-refractivity contribution in [2.75, 3.05) is 18.4 Å². The first-order valence-electron chi connectivity index (χ1n) is 7.74. The van der Waals surface area contributed by atoms with Gasteiger partial charge in [0.05, 0.1) is 5.52 Å². The minimum absolute atomic E-state index is 0.269. The van der Waals surface area contributed by atoms with Crippen molar-refractivity contribution >= 4 is 16.7 Å². The van der Waals surface area contributed by atoms with Crippen LogP contribution >= 0.6 is 0 Å². The highest BCUT2D eigenvalue weighted by atomic mass is 19.1. The molecule has 2 aromatic carbocycles. The Hall–Kier alpha value is -2.53. The number of hydrogen-bond donors (Lipinski definition) is 2. The number of unbranched alkanes of at least 4 members (excludes halogenated alkanes) is 1. The summed E-state index contributed by atoms with van der Waals surface area (Å²) >= 11 is 0. The lowest BCUT2D eigenvalue weighted by Gasteiger charge is -2.11. The molecule has 0 amide bonds. The Kier molecular flexibility index (Phi) is 4.78. The molecule has 5 heteroatoms. The third-order valence-electron chi connectivity index (χ3n) is 3.63. The zero-order chi connectivity index (χ0) is 16.1. The van der Waals surface area contributed by atoms with Gasteiger partial charge >= 0.3 is 0 Å². The standard InChI is InChI=1S/C18H19FN4/c19-14-9-7-13(8-10-14)17-22-16-6-2-1-5-15(16)18(23-17)21-12-4-3-11-20/h1-2,5-10H,3-4,11-12,20H2,(H,21,22,23). The topological polar surface area (TPSA) is 63.8 Å². The van der Waals surface area contributed by atoms with Gasteiger partial charge in [-0.2, -0.15) is 0 Å². The van der Waals surface area contributed by atoms with Crippen LogP contribution in [-0.2, 0) is 0 Å². The third-order valence-corrected chi connectivity index (χ3v) is 3.63. The second kappa shape index (κ2) is 7.15. The number of benzene rings is 2. The maximum absolute atomic E-state index is 13.1. The molecule has 3 N–H and O–H groups in total. The van der Waals surface area contributed by atoms with E-state index in [9.17, 15) is 4.39 Å². The smallest absolute Gasteiger partial charge is 0.162 e. The van der Waals surface area contributed by atoms with Gasteiger partial charge in [-0.15, -0.1) is 0 Å². The first-order valence-corrected chi connectivity index (χ1v) is 7.74. The first-order chi connectivity index (χ1) is 11.3. The van der Waals surface area contributed by atoms with Crippen molar-refractivity contribution in [2.24, 2.45) is 5.73 Å². The molecule has 0 saturated heterocycles. The average molecular weight is 310 g/mol. The molecule has 0 bridgehead atoms. The Labute approximate surface area is 134 Å². The number of nitrogens with zero attached hydrogens (tertiary/aromatic N) is 2. The summed E-state index contributed by atoms with van der Waals surface area (Å²) in [5.41, 5.74) is 7.18. The zero-order valence-electron chi connectivity index (χ0n) is 12.8. The van der Waals surface area contributed by atoms with E-state index in [-0.39, 0.29) is 5.82 Å². The third kappa shape index (κ3) is 3.63. The summed E-state index contributed by atoms with van der Waals surface area (Å²) in [5, 5.41) is 4.34. The van der Waals surface area contributed by atoms with E-state index < -0.39 is 0 Å². The summed E-state index contributed by atoms with van der Waals surface area (Å²) in [4.78, 5) is 9.21. The van der Waals surface area contributed by atoms with Gasteiger partial charge in [0.25, 0.3) is 0 Å². The number of fused-ring (bicyclic) bond motifs is 1. The molecule has 3 rings (SSSR count). The molecule has 23 heavy (non-hydrogen) atoms. The predicted molar refractivity (Wildman–Crippen MR) is 91.7 cm³/mol. The minimum atomic E-state index is -0.269. The van der Waals surface area contributed by atoms with Crippen LogP contribution in [0.1, 0.15) is 12.8 Å². The highest BCUT2D eigenvalue weighted by Crippen LogP contribution is 2.25. The second-order valence-corrected chi connectivity index (χ2v) is 5.34.